The zero-order valence-electron chi connectivity index (χ0n) is 6.98. The Kier molecular flexibility index (Phi) is 3.57. The molecule has 1 saturated carbocycles. The van der Waals surface area contributed by atoms with Gasteiger partial charge in [-0.25, -0.2) is 0 Å². The summed E-state index contributed by atoms with van der Waals surface area (Å²) in [5, 5.41) is 0.546. The maximum atomic E-state index is 11.3. The van der Waals surface area contributed by atoms with Crippen LogP contribution in [0.2, 0.25) is 0 Å². The van der Waals surface area contributed by atoms with Gasteiger partial charge in [0.25, 0.3) is 0 Å². The van der Waals surface area contributed by atoms with Crippen molar-refractivity contribution in [2.75, 3.05) is 5.33 Å². The van der Waals surface area contributed by atoms with Crippen LogP contribution in [0.15, 0.2) is 0 Å². The quantitative estimate of drug-likeness (QED) is 0.652. The fraction of sp³-hybridized carbons (Fsp3) is 0.889. The van der Waals surface area contributed by atoms with E-state index in [1.54, 1.807) is 0 Å². The van der Waals surface area contributed by atoms with Gasteiger partial charge in [-0.3, -0.25) is 4.79 Å². The normalized spacial score (nSPS) is 31.8. The first kappa shape index (κ1) is 9.24. The van der Waals surface area contributed by atoms with Gasteiger partial charge in [0.05, 0.1) is 5.33 Å². The van der Waals surface area contributed by atoms with Crippen LogP contribution in [0.1, 0.15) is 32.6 Å². The maximum Gasteiger partial charge on any atom is 0.146 e. The van der Waals surface area contributed by atoms with Gasteiger partial charge in [0.2, 0.25) is 0 Å². The van der Waals surface area contributed by atoms with Crippen LogP contribution in [0, 0.1) is 11.8 Å². The van der Waals surface area contributed by atoms with Gasteiger partial charge >= 0.3 is 0 Å². The number of hydrogen-bond donors (Lipinski definition) is 0. The van der Waals surface area contributed by atoms with Crippen LogP contribution in [0.5, 0.6) is 0 Å². The summed E-state index contributed by atoms with van der Waals surface area (Å²) in [4.78, 5) is 11.3. The van der Waals surface area contributed by atoms with E-state index in [-0.39, 0.29) is 0 Å². The summed E-state index contributed by atoms with van der Waals surface area (Å²) in [5.74, 6) is 1.52. The Labute approximate surface area is 76.7 Å². The Morgan fingerprint density at radius 1 is 1.55 bits per heavy atom. The van der Waals surface area contributed by atoms with E-state index >= 15 is 0 Å². The molecule has 0 amide bonds. The summed E-state index contributed by atoms with van der Waals surface area (Å²) in [6.07, 6.45) is 4.79. The molecule has 0 aromatic rings. The molecule has 0 spiro atoms. The Morgan fingerprint density at radius 3 is 2.82 bits per heavy atom. The van der Waals surface area contributed by atoms with Crippen LogP contribution in [-0.2, 0) is 4.79 Å². The maximum absolute atomic E-state index is 11.3. The lowest BCUT2D eigenvalue weighted by atomic mass is 9.81. The third-order valence-electron chi connectivity index (χ3n) is 2.52. The summed E-state index contributed by atoms with van der Waals surface area (Å²) in [6.45, 7) is 2.24. The van der Waals surface area contributed by atoms with Gasteiger partial charge in [-0.2, -0.15) is 0 Å². The second kappa shape index (κ2) is 4.24. The molecule has 0 unspecified atom stereocenters. The molecule has 1 nitrogen and oxygen atoms in total. The first-order valence-corrected chi connectivity index (χ1v) is 5.45. The lowest BCUT2D eigenvalue weighted by Gasteiger charge is -2.24. The number of carbonyl (C=O) groups excluding carboxylic acids is 1. The van der Waals surface area contributed by atoms with Crippen molar-refractivity contribution >= 4 is 21.7 Å². The molecular weight excluding hydrogens is 204 g/mol. The molecule has 1 rings (SSSR count). The highest BCUT2D eigenvalue weighted by Crippen LogP contribution is 2.29. The smallest absolute Gasteiger partial charge is 0.146 e. The molecule has 0 aromatic heterocycles. The Balaban J connectivity index is 2.39. The van der Waals surface area contributed by atoms with Crippen molar-refractivity contribution < 1.29 is 4.79 Å². The fourth-order valence-corrected chi connectivity index (χ4v) is 2.29. The minimum atomic E-state index is 0.359. The summed E-state index contributed by atoms with van der Waals surface area (Å²) in [6, 6.07) is 0. The predicted octanol–water partition coefficient (Wildman–Crippen LogP) is 2.78. The van der Waals surface area contributed by atoms with Crippen molar-refractivity contribution in [3.05, 3.63) is 0 Å². The van der Waals surface area contributed by atoms with Crippen molar-refractivity contribution in [1.29, 1.82) is 0 Å². The molecule has 0 heterocycles. The Bertz CT molecular complexity index is 144. The molecule has 11 heavy (non-hydrogen) atoms. The van der Waals surface area contributed by atoms with E-state index in [4.69, 9.17) is 0 Å². The van der Waals surface area contributed by atoms with E-state index in [0.29, 0.717) is 17.0 Å². The molecule has 1 aliphatic rings. The Hall–Kier alpha value is 0.150. The van der Waals surface area contributed by atoms with Crippen molar-refractivity contribution in [2.45, 2.75) is 32.6 Å². The molecule has 64 valence electrons. The second-order valence-corrected chi connectivity index (χ2v) is 4.13. The highest BCUT2D eigenvalue weighted by atomic mass is 79.9. The molecule has 0 aromatic carbocycles. The number of rotatable bonds is 2. The van der Waals surface area contributed by atoms with Gasteiger partial charge in [-0.05, 0) is 18.8 Å². The Morgan fingerprint density at radius 2 is 2.27 bits per heavy atom. The molecule has 1 fully saturated rings. The molecular formula is C9H15BrO. The summed E-state index contributed by atoms with van der Waals surface area (Å²) < 4.78 is 0. The minimum absolute atomic E-state index is 0.359. The predicted molar refractivity (Wildman–Crippen MR) is 49.9 cm³/mol. The summed E-state index contributed by atoms with van der Waals surface area (Å²) in [5.41, 5.74) is 0. The number of halogens is 1. The number of Topliss-reactive ketones (excluding diaryl/α,β-unsaturated/α-hetero) is 1. The molecule has 0 radical (unpaired) electrons. The lowest BCUT2D eigenvalue weighted by molar-refractivity contribution is -0.121. The molecule has 0 aliphatic heterocycles. The van der Waals surface area contributed by atoms with Crippen molar-refractivity contribution in [3.63, 3.8) is 0 Å². The van der Waals surface area contributed by atoms with Crippen LogP contribution in [0.3, 0.4) is 0 Å². The number of alkyl halides is 1. The monoisotopic (exact) mass is 218 g/mol. The average Bonchev–Trinajstić information content (AvgIpc) is 2.03. The first-order valence-electron chi connectivity index (χ1n) is 4.32. The van der Waals surface area contributed by atoms with Gasteiger partial charge in [0.15, 0.2) is 0 Å². The molecule has 1 aliphatic carbocycles. The van der Waals surface area contributed by atoms with E-state index in [1.165, 1.54) is 12.8 Å². The van der Waals surface area contributed by atoms with E-state index in [1.807, 2.05) is 0 Å². The molecule has 2 heteroatoms. The van der Waals surface area contributed by atoms with E-state index < -0.39 is 0 Å². The van der Waals surface area contributed by atoms with E-state index in [2.05, 4.69) is 22.9 Å². The largest absolute Gasteiger partial charge is 0.298 e. The van der Waals surface area contributed by atoms with Gasteiger partial charge in [-0.15, -0.1) is 0 Å². The summed E-state index contributed by atoms with van der Waals surface area (Å²) in [7, 11) is 0. The second-order valence-electron chi connectivity index (χ2n) is 3.57. The van der Waals surface area contributed by atoms with Crippen molar-refractivity contribution in [3.8, 4) is 0 Å². The van der Waals surface area contributed by atoms with Crippen LogP contribution >= 0.6 is 15.9 Å². The van der Waals surface area contributed by atoms with Crippen molar-refractivity contribution in [2.24, 2.45) is 11.8 Å². The van der Waals surface area contributed by atoms with Gasteiger partial charge in [0.1, 0.15) is 5.78 Å². The van der Waals surface area contributed by atoms with E-state index in [0.717, 1.165) is 18.8 Å². The summed E-state index contributed by atoms with van der Waals surface area (Å²) >= 11 is 3.22. The molecule has 0 saturated heterocycles. The standard InChI is InChI=1S/C9H15BrO/c1-7-3-2-4-8(5-7)9(11)6-10/h7-8H,2-6H2,1H3/t7-,8+/m1/s1. The zero-order chi connectivity index (χ0) is 8.27. The van der Waals surface area contributed by atoms with E-state index in [9.17, 15) is 4.79 Å². The molecule has 2 atom stereocenters. The van der Waals surface area contributed by atoms with Crippen LogP contribution in [-0.4, -0.2) is 11.1 Å². The van der Waals surface area contributed by atoms with Crippen molar-refractivity contribution in [1.82, 2.24) is 0 Å². The first-order chi connectivity index (χ1) is 5.24. The van der Waals surface area contributed by atoms with Crippen LogP contribution in [0.4, 0.5) is 0 Å². The fourth-order valence-electron chi connectivity index (χ4n) is 1.84. The molecule has 0 bridgehead atoms. The average molecular weight is 219 g/mol. The highest BCUT2D eigenvalue weighted by Gasteiger charge is 2.23. The lowest BCUT2D eigenvalue weighted by Crippen LogP contribution is -2.22. The zero-order valence-corrected chi connectivity index (χ0v) is 8.56. The number of ketones is 1. The SMILES string of the molecule is C[C@@H]1CCC[C@H](C(=O)CBr)C1. The third-order valence-corrected chi connectivity index (χ3v) is 3.08. The topological polar surface area (TPSA) is 17.1 Å². The number of carbonyl (C=O) groups is 1. The van der Waals surface area contributed by atoms with Crippen LogP contribution in [0.25, 0.3) is 0 Å². The molecule has 0 N–H and O–H groups in total. The van der Waals surface area contributed by atoms with Gasteiger partial charge in [0, 0.05) is 5.92 Å². The number of hydrogen-bond acceptors (Lipinski definition) is 1. The van der Waals surface area contributed by atoms with Crippen LogP contribution < -0.4 is 0 Å². The minimum Gasteiger partial charge on any atom is -0.298 e. The highest BCUT2D eigenvalue weighted by molar-refractivity contribution is 9.09. The van der Waals surface area contributed by atoms with Gasteiger partial charge in [-0.1, -0.05) is 35.7 Å². The van der Waals surface area contributed by atoms with Gasteiger partial charge < -0.3 is 0 Å². The third kappa shape index (κ3) is 2.58.